The van der Waals surface area contributed by atoms with E-state index in [0.717, 1.165) is 12.1 Å². The lowest BCUT2D eigenvalue weighted by atomic mass is 10.2. The van der Waals surface area contributed by atoms with Crippen molar-refractivity contribution in [3.05, 3.63) is 23.8 Å². The van der Waals surface area contributed by atoms with Crippen LogP contribution in [0.25, 0.3) is 0 Å². The highest BCUT2D eigenvalue weighted by atomic mass is 16.5. The van der Waals surface area contributed by atoms with Crippen LogP contribution < -0.4 is 14.8 Å². The Morgan fingerprint density at radius 2 is 1.92 bits per heavy atom. The predicted molar refractivity (Wildman–Crippen MR) is 90.4 cm³/mol. The highest BCUT2D eigenvalue weighted by Crippen LogP contribution is 2.28. The summed E-state index contributed by atoms with van der Waals surface area (Å²) >= 11 is 0. The number of carbonyl (C=O) groups excluding carboxylic acids is 1. The number of likely N-dealkylation sites (N-methyl/N-ethyl adjacent to an activating group) is 1. The zero-order chi connectivity index (χ0) is 17.9. The number of hydrogen-bond donors (Lipinski definition) is 2. The largest absolute Gasteiger partial charge is 0.490 e. The Labute approximate surface area is 142 Å². The van der Waals surface area contributed by atoms with Gasteiger partial charge in [-0.15, -0.1) is 0 Å². The number of carboxylic acids is 1. The summed E-state index contributed by atoms with van der Waals surface area (Å²) in [6, 6.07) is 5.50. The lowest BCUT2D eigenvalue weighted by molar-refractivity contribution is -0.138. The summed E-state index contributed by atoms with van der Waals surface area (Å²) < 4.78 is 11.3. The molecule has 134 valence electrons. The lowest BCUT2D eigenvalue weighted by Gasteiger charge is -2.15. The van der Waals surface area contributed by atoms with Gasteiger partial charge in [-0.25, -0.2) is 0 Å². The summed E-state index contributed by atoms with van der Waals surface area (Å²) in [5.41, 5.74) is 0.863. The fourth-order valence-electron chi connectivity index (χ4n) is 1.90. The van der Waals surface area contributed by atoms with Gasteiger partial charge in [-0.2, -0.15) is 0 Å². The molecule has 0 radical (unpaired) electrons. The van der Waals surface area contributed by atoms with Crippen molar-refractivity contribution < 1.29 is 24.2 Å². The van der Waals surface area contributed by atoms with Gasteiger partial charge in [0.15, 0.2) is 11.5 Å². The number of benzene rings is 1. The van der Waals surface area contributed by atoms with Gasteiger partial charge in [0.1, 0.15) is 6.61 Å². The second-order valence-corrected chi connectivity index (χ2v) is 5.54. The average molecular weight is 338 g/mol. The van der Waals surface area contributed by atoms with Gasteiger partial charge in [-0.3, -0.25) is 9.59 Å². The Bertz CT molecular complexity index is 546. The number of hydrogen-bond acceptors (Lipinski definition) is 5. The van der Waals surface area contributed by atoms with Crippen molar-refractivity contribution in [3.63, 3.8) is 0 Å². The van der Waals surface area contributed by atoms with Crippen molar-refractivity contribution in [3.8, 4) is 11.5 Å². The molecule has 0 spiro atoms. The van der Waals surface area contributed by atoms with E-state index in [9.17, 15) is 9.59 Å². The quantitative estimate of drug-likeness (QED) is 0.636. The maximum absolute atomic E-state index is 11.6. The van der Waals surface area contributed by atoms with Gasteiger partial charge in [0.05, 0.1) is 13.0 Å². The first-order valence-electron chi connectivity index (χ1n) is 7.94. The molecule has 0 unspecified atom stereocenters. The molecule has 2 N–H and O–H groups in total. The number of ether oxygens (including phenoxy) is 2. The Kier molecular flexibility index (Phi) is 8.64. The molecule has 1 aromatic carbocycles. The molecule has 1 amide bonds. The normalized spacial score (nSPS) is 10.5. The minimum absolute atomic E-state index is 0.0284. The third kappa shape index (κ3) is 7.82. The number of nitrogens with one attached hydrogen (secondary N) is 1. The van der Waals surface area contributed by atoms with Crippen LogP contribution in [0.3, 0.4) is 0 Å². The summed E-state index contributed by atoms with van der Waals surface area (Å²) in [6.45, 7) is 4.07. The lowest BCUT2D eigenvalue weighted by Crippen LogP contribution is -2.23. The predicted octanol–water partition coefficient (Wildman–Crippen LogP) is 1.51. The molecule has 0 bridgehead atoms. The molecule has 0 saturated heterocycles. The van der Waals surface area contributed by atoms with Crippen molar-refractivity contribution in [1.29, 1.82) is 0 Å². The summed E-state index contributed by atoms with van der Waals surface area (Å²) in [4.78, 5) is 24.0. The number of amides is 1. The van der Waals surface area contributed by atoms with E-state index >= 15 is 0 Å². The average Bonchev–Trinajstić information content (AvgIpc) is 2.52. The molecule has 0 aliphatic carbocycles. The van der Waals surface area contributed by atoms with Crippen molar-refractivity contribution in [2.75, 3.05) is 33.9 Å². The Morgan fingerprint density at radius 1 is 1.17 bits per heavy atom. The standard InChI is InChI=1S/C17H26N2O5/c1-4-23-15-11-13(12-18-16(20)7-8-17(21)22)5-6-14(15)24-10-9-19(2)3/h5-6,11H,4,7-10,12H2,1-3H3,(H,18,20)(H,21,22). The van der Waals surface area contributed by atoms with E-state index in [0.29, 0.717) is 31.3 Å². The number of carbonyl (C=O) groups is 2. The molecule has 1 aromatic rings. The highest BCUT2D eigenvalue weighted by molar-refractivity contribution is 5.80. The van der Waals surface area contributed by atoms with Crippen molar-refractivity contribution in [2.45, 2.75) is 26.3 Å². The molecular weight excluding hydrogens is 312 g/mol. The molecule has 7 nitrogen and oxygen atoms in total. The molecule has 0 aliphatic rings. The van der Waals surface area contributed by atoms with Crippen LogP contribution in [0, 0.1) is 0 Å². The molecular formula is C17H26N2O5. The number of carboxylic acid groups (broad SMARTS) is 1. The second kappa shape index (κ2) is 10.5. The Balaban J connectivity index is 2.61. The van der Waals surface area contributed by atoms with Gasteiger partial charge in [0.2, 0.25) is 5.91 Å². The van der Waals surface area contributed by atoms with Crippen LogP contribution in [-0.2, 0) is 16.1 Å². The maximum Gasteiger partial charge on any atom is 0.303 e. The summed E-state index contributed by atoms with van der Waals surface area (Å²) in [5.74, 6) is 0.0258. The summed E-state index contributed by atoms with van der Waals surface area (Å²) in [5, 5.41) is 11.3. The monoisotopic (exact) mass is 338 g/mol. The van der Waals surface area contributed by atoms with E-state index in [-0.39, 0.29) is 18.7 Å². The van der Waals surface area contributed by atoms with Crippen LogP contribution in [0.1, 0.15) is 25.3 Å². The maximum atomic E-state index is 11.6. The van der Waals surface area contributed by atoms with Crippen molar-refractivity contribution in [1.82, 2.24) is 10.2 Å². The van der Waals surface area contributed by atoms with E-state index in [2.05, 4.69) is 5.32 Å². The molecule has 0 saturated carbocycles. The molecule has 0 aliphatic heterocycles. The fraction of sp³-hybridized carbons (Fsp3) is 0.529. The second-order valence-electron chi connectivity index (χ2n) is 5.54. The van der Waals surface area contributed by atoms with Crippen LogP contribution in [0.2, 0.25) is 0 Å². The Hall–Kier alpha value is -2.28. The van der Waals surface area contributed by atoms with E-state index in [1.807, 2.05) is 44.1 Å². The molecule has 24 heavy (non-hydrogen) atoms. The van der Waals surface area contributed by atoms with Gasteiger partial charge in [0, 0.05) is 19.5 Å². The highest BCUT2D eigenvalue weighted by Gasteiger charge is 2.09. The first-order valence-corrected chi connectivity index (χ1v) is 7.94. The minimum Gasteiger partial charge on any atom is -0.490 e. The number of rotatable bonds is 11. The van der Waals surface area contributed by atoms with Crippen molar-refractivity contribution in [2.24, 2.45) is 0 Å². The van der Waals surface area contributed by atoms with Crippen LogP contribution in [0.4, 0.5) is 0 Å². The topological polar surface area (TPSA) is 88.1 Å². The summed E-state index contributed by atoms with van der Waals surface area (Å²) in [7, 11) is 3.95. The SMILES string of the molecule is CCOc1cc(CNC(=O)CCC(=O)O)ccc1OCCN(C)C. The number of nitrogens with zero attached hydrogens (tertiary/aromatic N) is 1. The van der Waals surface area contributed by atoms with Gasteiger partial charge in [-0.05, 0) is 38.7 Å². The number of aliphatic carboxylic acids is 1. The van der Waals surface area contributed by atoms with E-state index < -0.39 is 5.97 Å². The smallest absolute Gasteiger partial charge is 0.303 e. The van der Waals surface area contributed by atoms with E-state index in [1.54, 1.807) is 0 Å². The van der Waals surface area contributed by atoms with Crippen LogP contribution in [-0.4, -0.2) is 55.7 Å². The van der Waals surface area contributed by atoms with Crippen molar-refractivity contribution >= 4 is 11.9 Å². The first-order chi connectivity index (χ1) is 11.4. The van der Waals surface area contributed by atoms with Gasteiger partial charge in [-0.1, -0.05) is 6.07 Å². The van der Waals surface area contributed by atoms with Crippen LogP contribution in [0.15, 0.2) is 18.2 Å². The molecule has 0 atom stereocenters. The Morgan fingerprint density at radius 3 is 2.54 bits per heavy atom. The zero-order valence-electron chi connectivity index (χ0n) is 14.5. The van der Waals surface area contributed by atoms with E-state index in [4.69, 9.17) is 14.6 Å². The van der Waals surface area contributed by atoms with E-state index in [1.165, 1.54) is 0 Å². The molecule has 7 heteroatoms. The third-order valence-electron chi connectivity index (χ3n) is 3.16. The summed E-state index contributed by atoms with van der Waals surface area (Å²) in [6.07, 6.45) is -0.200. The van der Waals surface area contributed by atoms with Gasteiger partial charge >= 0.3 is 5.97 Å². The minimum atomic E-state index is -0.983. The molecule has 0 aromatic heterocycles. The van der Waals surface area contributed by atoms with Gasteiger partial charge < -0.3 is 24.8 Å². The van der Waals surface area contributed by atoms with Crippen LogP contribution in [0.5, 0.6) is 11.5 Å². The molecule has 0 heterocycles. The van der Waals surface area contributed by atoms with Crippen LogP contribution >= 0.6 is 0 Å². The fourth-order valence-corrected chi connectivity index (χ4v) is 1.90. The molecule has 1 rings (SSSR count). The van der Waals surface area contributed by atoms with Gasteiger partial charge in [0.25, 0.3) is 0 Å². The third-order valence-corrected chi connectivity index (χ3v) is 3.16. The molecule has 0 fully saturated rings. The zero-order valence-corrected chi connectivity index (χ0v) is 14.5. The first kappa shape index (κ1) is 19.8.